The number of hydrogen-bond acceptors (Lipinski definition) is 4. The molecule has 0 unspecified atom stereocenters. The van der Waals surface area contributed by atoms with E-state index in [2.05, 4.69) is 5.32 Å². The average molecular weight is 332 g/mol. The number of thioether (sulfide) groups is 1. The molecule has 5 nitrogen and oxygen atoms in total. The Kier molecular flexibility index (Phi) is 5.87. The Morgan fingerprint density at radius 2 is 2.09 bits per heavy atom. The van der Waals surface area contributed by atoms with Crippen molar-refractivity contribution >= 4 is 17.7 Å². The molecule has 0 aliphatic carbocycles. The number of aromatic nitrogens is 1. The molecule has 1 aromatic carbocycles. The van der Waals surface area contributed by atoms with Crippen LogP contribution in [-0.2, 0) is 6.54 Å². The third kappa shape index (κ3) is 4.39. The summed E-state index contributed by atoms with van der Waals surface area (Å²) < 4.78 is 6.68. The lowest BCUT2D eigenvalue weighted by Crippen LogP contribution is -2.31. The summed E-state index contributed by atoms with van der Waals surface area (Å²) in [6, 6.07) is 10.7. The number of rotatable bonds is 6. The molecule has 0 saturated heterocycles. The van der Waals surface area contributed by atoms with Crippen LogP contribution in [-0.4, -0.2) is 30.4 Å². The summed E-state index contributed by atoms with van der Waals surface area (Å²) in [7, 11) is 1.53. The molecular formula is C17H20N2O3S. The van der Waals surface area contributed by atoms with Crippen LogP contribution in [0.1, 0.15) is 16.1 Å². The molecule has 1 N–H and O–H groups in total. The molecule has 0 bridgehead atoms. The van der Waals surface area contributed by atoms with Gasteiger partial charge in [0, 0.05) is 35.3 Å². The highest BCUT2D eigenvalue weighted by Crippen LogP contribution is 2.15. The summed E-state index contributed by atoms with van der Waals surface area (Å²) in [5.41, 5.74) is 1.28. The molecule has 2 aromatic rings. The smallest absolute Gasteiger partial charge is 0.254 e. The van der Waals surface area contributed by atoms with Crippen molar-refractivity contribution in [3.63, 3.8) is 0 Å². The minimum Gasteiger partial charge on any atom is -0.496 e. The Bertz CT molecular complexity index is 756. The van der Waals surface area contributed by atoms with Crippen LogP contribution in [0.4, 0.5) is 0 Å². The zero-order chi connectivity index (χ0) is 16.8. The number of methoxy groups -OCH3 is 1. The normalized spacial score (nSPS) is 10.4. The van der Waals surface area contributed by atoms with E-state index in [0.29, 0.717) is 24.4 Å². The molecule has 0 fully saturated rings. The number of benzene rings is 1. The largest absolute Gasteiger partial charge is 0.496 e. The van der Waals surface area contributed by atoms with E-state index in [4.69, 9.17) is 4.74 Å². The van der Waals surface area contributed by atoms with E-state index >= 15 is 0 Å². The van der Waals surface area contributed by atoms with Gasteiger partial charge in [-0.2, -0.15) is 0 Å². The fraction of sp³-hybridized carbons (Fsp3) is 0.294. The van der Waals surface area contributed by atoms with Crippen molar-refractivity contribution in [1.82, 2.24) is 9.88 Å². The van der Waals surface area contributed by atoms with Gasteiger partial charge in [0.05, 0.1) is 7.11 Å². The van der Waals surface area contributed by atoms with Gasteiger partial charge in [0.1, 0.15) is 5.75 Å². The SMILES string of the molecule is COc1cc(C)n(CCNC(=O)c2cccc(SC)c2)c(=O)c1. The van der Waals surface area contributed by atoms with Gasteiger partial charge in [0.2, 0.25) is 0 Å². The summed E-state index contributed by atoms with van der Waals surface area (Å²) in [5.74, 6) is 0.404. The molecule has 0 spiro atoms. The van der Waals surface area contributed by atoms with Crippen LogP contribution in [0.5, 0.6) is 5.75 Å². The third-order valence-electron chi connectivity index (χ3n) is 3.50. The molecule has 23 heavy (non-hydrogen) atoms. The Balaban J connectivity index is 1.99. The number of nitrogens with one attached hydrogen (secondary N) is 1. The van der Waals surface area contributed by atoms with Gasteiger partial charge >= 0.3 is 0 Å². The Labute approximate surface area is 139 Å². The number of amides is 1. The first-order chi connectivity index (χ1) is 11.0. The fourth-order valence-electron chi connectivity index (χ4n) is 2.25. The van der Waals surface area contributed by atoms with E-state index in [9.17, 15) is 9.59 Å². The predicted molar refractivity (Wildman–Crippen MR) is 92.5 cm³/mol. The monoisotopic (exact) mass is 332 g/mol. The molecule has 0 aliphatic rings. The molecule has 1 amide bonds. The first-order valence-electron chi connectivity index (χ1n) is 7.23. The summed E-state index contributed by atoms with van der Waals surface area (Å²) in [6.45, 7) is 2.64. The lowest BCUT2D eigenvalue weighted by Gasteiger charge is -2.12. The highest BCUT2D eigenvalue weighted by atomic mass is 32.2. The summed E-state index contributed by atoms with van der Waals surface area (Å²) in [6.07, 6.45) is 1.97. The maximum absolute atomic E-state index is 12.1. The average Bonchev–Trinajstić information content (AvgIpc) is 2.56. The summed E-state index contributed by atoms with van der Waals surface area (Å²) in [5, 5.41) is 2.84. The number of ether oxygens (including phenoxy) is 1. The van der Waals surface area contributed by atoms with Gasteiger partial charge in [-0.05, 0) is 37.4 Å². The Hall–Kier alpha value is -2.21. The highest BCUT2D eigenvalue weighted by molar-refractivity contribution is 7.98. The van der Waals surface area contributed by atoms with Crippen LogP contribution in [0.25, 0.3) is 0 Å². The number of nitrogens with zero attached hydrogens (tertiary/aromatic N) is 1. The third-order valence-corrected chi connectivity index (χ3v) is 4.22. The van der Waals surface area contributed by atoms with E-state index < -0.39 is 0 Å². The maximum atomic E-state index is 12.1. The molecule has 6 heteroatoms. The molecule has 1 aromatic heterocycles. The van der Waals surface area contributed by atoms with Crippen molar-refractivity contribution in [2.75, 3.05) is 19.9 Å². The molecule has 2 rings (SSSR count). The maximum Gasteiger partial charge on any atom is 0.254 e. The molecular weight excluding hydrogens is 312 g/mol. The van der Waals surface area contributed by atoms with Crippen LogP contribution >= 0.6 is 11.8 Å². The van der Waals surface area contributed by atoms with Crippen LogP contribution in [0, 0.1) is 6.92 Å². The lowest BCUT2D eigenvalue weighted by atomic mass is 10.2. The Morgan fingerprint density at radius 3 is 2.74 bits per heavy atom. The molecule has 122 valence electrons. The minimum absolute atomic E-state index is 0.138. The van der Waals surface area contributed by atoms with E-state index in [1.54, 1.807) is 28.5 Å². The molecule has 0 atom stereocenters. The van der Waals surface area contributed by atoms with Crippen LogP contribution in [0.15, 0.2) is 46.1 Å². The predicted octanol–water partition coefficient (Wildman–Crippen LogP) is 2.32. The molecule has 0 saturated carbocycles. The van der Waals surface area contributed by atoms with Gasteiger partial charge in [-0.25, -0.2) is 0 Å². The second kappa shape index (κ2) is 7.87. The van der Waals surface area contributed by atoms with Crippen LogP contribution in [0.2, 0.25) is 0 Å². The molecule has 0 aliphatic heterocycles. The number of aryl methyl sites for hydroxylation is 1. The zero-order valence-corrected chi connectivity index (χ0v) is 14.3. The van der Waals surface area contributed by atoms with Crippen LogP contribution < -0.4 is 15.6 Å². The highest BCUT2D eigenvalue weighted by Gasteiger charge is 2.07. The van der Waals surface area contributed by atoms with Gasteiger partial charge in [0.15, 0.2) is 0 Å². The topological polar surface area (TPSA) is 60.3 Å². The molecule has 1 heterocycles. The minimum atomic E-state index is -0.139. The van der Waals surface area contributed by atoms with E-state index in [0.717, 1.165) is 10.6 Å². The van der Waals surface area contributed by atoms with E-state index in [1.165, 1.54) is 13.2 Å². The van der Waals surface area contributed by atoms with Crippen molar-refractivity contribution in [2.45, 2.75) is 18.4 Å². The van der Waals surface area contributed by atoms with Crippen molar-refractivity contribution in [3.8, 4) is 5.75 Å². The van der Waals surface area contributed by atoms with Gasteiger partial charge in [-0.15, -0.1) is 11.8 Å². The Morgan fingerprint density at radius 1 is 1.30 bits per heavy atom. The van der Waals surface area contributed by atoms with Gasteiger partial charge in [0.25, 0.3) is 11.5 Å². The van der Waals surface area contributed by atoms with Crippen molar-refractivity contribution < 1.29 is 9.53 Å². The fourth-order valence-corrected chi connectivity index (χ4v) is 2.71. The summed E-state index contributed by atoms with van der Waals surface area (Å²) >= 11 is 1.59. The molecule has 0 radical (unpaired) electrons. The van der Waals surface area contributed by atoms with E-state index in [-0.39, 0.29) is 11.5 Å². The van der Waals surface area contributed by atoms with Gasteiger partial charge < -0.3 is 14.6 Å². The summed E-state index contributed by atoms with van der Waals surface area (Å²) in [4.78, 5) is 25.2. The number of pyridine rings is 1. The number of carbonyl (C=O) groups excluding carboxylic acids is 1. The van der Waals surface area contributed by atoms with Crippen molar-refractivity contribution in [1.29, 1.82) is 0 Å². The zero-order valence-electron chi connectivity index (χ0n) is 13.5. The number of carbonyl (C=O) groups is 1. The lowest BCUT2D eigenvalue weighted by molar-refractivity contribution is 0.0952. The second-order valence-electron chi connectivity index (χ2n) is 5.01. The standard InChI is InChI=1S/C17H20N2O3S/c1-12-9-14(22-2)11-16(20)19(12)8-7-18-17(21)13-5-4-6-15(10-13)23-3/h4-6,9-11H,7-8H2,1-3H3,(H,18,21). The van der Waals surface area contributed by atoms with Crippen molar-refractivity contribution in [2.24, 2.45) is 0 Å². The van der Waals surface area contributed by atoms with Gasteiger partial charge in [-0.1, -0.05) is 6.07 Å². The first-order valence-corrected chi connectivity index (χ1v) is 8.45. The quantitative estimate of drug-likeness (QED) is 0.825. The number of hydrogen-bond donors (Lipinski definition) is 1. The van der Waals surface area contributed by atoms with Crippen molar-refractivity contribution in [3.05, 3.63) is 58.0 Å². The second-order valence-corrected chi connectivity index (χ2v) is 5.89. The first kappa shape index (κ1) is 17.1. The van der Waals surface area contributed by atoms with Crippen LogP contribution in [0.3, 0.4) is 0 Å². The van der Waals surface area contributed by atoms with Gasteiger partial charge in [-0.3, -0.25) is 9.59 Å². The van der Waals surface area contributed by atoms with E-state index in [1.807, 2.05) is 31.4 Å².